The number of aryl methyl sites for hydroxylation is 1. The van der Waals surface area contributed by atoms with Crippen LogP contribution in [0.25, 0.3) is 0 Å². The van der Waals surface area contributed by atoms with E-state index in [1.807, 2.05) is 0 Å². The molecule has 0 fully saturated rings. The predicted molar refractivity (Wildman–Crippen MR) is 76.0 cm³/mol. The molecular weight excluding hydrogens is 272 g/mol. The molecule has 0 unspecified atom stereocenters. The zero-order valence-electron chi connectivity index (χ0n) is 12.1. The largest absolute Gasteiger partial charge is 0.497 e. The molecule has 0 saturated carbocycles. The minimum absolute atomic E-state index is 0.250. The van der Waals surface area contributed by atoms with Crippen molar-refractivity contribution in [3.8, 4) is 11.5 Å². The molecule has 0 saturated heterocycles. The molecule has 0 spiro atoms. The first-order valence-electron chi connectivity index (χ1n) is 6.33. The number of aromatic nitrogens is 2. The van der Waals surface area contributed by atoms with Crippen LogP contribution in [-0.2, 0) is 7.05 Å². The lowest BCUT2D eigenvalue weighted by atomic mass is 10.0. The summed E-state index contributed by atoms with van der Waals surface area (Å²) in [7, 11) is 4.71. The summed E-state index contributed by atoms with van der Waals surface area (Å²) in [6.07, 6.45) is 1.41. The molecule has 0 bridgehead atoms. The third-order valence-electron chi connectivity index (χ3n) is 3.03. The lowest BCUT2D eigenvalue weighted by molar-refractivity contribution is 0.0889. The molecule has 0 N–H and O–H groups in total. The van der Waals surface area contributed by atoms with Crippen molar-refractivity contribution in [2.75, 3.05) is 14.2 Å². The number of ether oxygens (including phenoxy) is 2. The number of methoxy groups -OCH3 is 2. The van der Waals surface area contributed by atoms with Gasteiger partial charge in [0.15, 0.2) is 11.6 Å². The van der Waals surface area contributed by atoms with E-state index in [9.17, 15) is 9.59 Å². The molecule has 2 aromatic rings. The first-order valence-corrected chi connectivity index (χ1v) is 6.33. The highest BCUT2D eigenvalue weighted by atomic mass is 16.5. The van der Waals surface area contributed by atoms with Gasteiger partial charge < -0.3 is 9.47 Å². The van der Waals surface area contributed by atoms with E-state index in [1.165, 1.54) is 18.9 Å². The molecule has 6 heteroatoms. The van der Waals surface area contributed by atoms with Crippen molar-refractivity contribution in [3.05, 3.63) is 41.7 Å². The van der Waals surface area contributed by atoms with Gasteiger partial charge in [0, 0.05) is 19.3 Å². The summed E-state index contributed by atoms with van der Waals surface area (Å²) in [5.41, 5.74) is 0.626. The Balaban J connectivity index is 2.18. The number of carbonyl (C=O) groups is 2. The standard InChI is InChI=1S/C15H16N2O4/c1-17-7-6-12(16-17)14(19)9-13(18)11-5-4-10(20-2)8-15(11)21-3/h4-8H,9H2,1-3H3. The zero-order chi connectivity index (χ0) is 15.4. The second-order valence-corrected chi connectivity index (χ2v) is 4.46. The maximum atomic E-state index is 12.2. The number of carbonyl (C=O) groups excluding carboxylic acids is 2. The van der Waals surface area contributed by atoms with Gasteiger partial charge in [0.2, 0.25) is 0 Å². The van der Waals surface area contributed by atoms with Gasteiger partial charge in [-0.05, 0) is 18.2 Å². The van der Waals surface area contributed by atoms with Crippen LogP contribution in [0, 0.1) is 0 Å². The first kappa shape index (κ1) is 14.8. The van der Waals surface area contributed by atoms with Crippen LogP contribution >= 0.6 is 0 Å². The third-order valence-corrected chi connectivity index (χ3v) is 3.03. The fourth-order valence-electron chi connectivity index (χ4n) is 1.92. The van der Waals surface area contributed by atoms with E-state index in [4.69, 9.17) is 9.47 Å². The van der Waals surface area contributed by atoms with Gasteiger partial charge >= 0.3 is 0 Å². The summed E-state index contributed by atoms with van der Waals surface area (Å²) in [4.78, 5) is 24.2. The highest BCUT2D eigenvalue weighted by molar-refractivity contribution is 6.13. The van der Waals surface area contributed by atoms with Gasteiger partial charge in [-0.3, -0.25) is 14.3 Å². The van der Waals surface area contributed by atoms with Crippen molar-refractivity contribution in [3.63, 3.8) is 0 Å². The minimum atomic E-state index is -0.321. The monoisotopic (exact) mass is 288 g/mol. The molecule has 0 aliphatic heterocycles. The zero-order valence-corrected chi connectivity index (χ0v) is 12.1. The SMILES string of the molecule is COc1ccc(C(=O)CC(=O)c2ccn(C)n2)c(OC)c1. The van der Waals surface area contributed by atoms with Gasteiger partial charge in [-0.2, -0.15) is 5.10 Å². The Morgan fingerprint density at radius 3 is 2.48 bits per heavy atom. The number of hydrogen-bond acceptors (Lipinski definition) is 5. The smallest absolute Gasteiger partial charge is 0.190 e. The molecule has 0 atom stereocenters. The van der Waals surface area contributed by atoms with Crippen LogP contribution < -0.4 is 9.47 Å². The van der Waals surface area contributed by atoms with Gasteiger partial charge in [0.1, 0.15) is 17.2 Å². The number of benzene rings is 1. The van der Waals surface area contributed by atoms with Crippen LogP contribution in [0.1, 0.15) is 27.3 Å². The van der Waals surface area contributed by atoms with E-state index in [1.54, 1.807) is 37.5 Å². The van der Waals surface area contributed by atoms with Gasteiger partial charge in [-0.25, -0.2) is 0 Å². The van der Waals surface area contributed by atoms with Crippen LogP contribution in [0.3, 0.4) is 0 Å². The summed E-state index contributed by atoms with van der Waals surface area (Å²) in [5, 5.41) is 3.99. The highest BCUT2D eigenvalue weighted by Crippen LogP contribution is 2.25. The Kier molecular flexibility index (Phi) is 4.37. The number of rotatable bonds is 6. The summed E-state index contributed by atoms with van der Waals surface area (Å²) < 4.78 is 11.8. The van der Waals surface area contributed by atoms with E-state index in [0.29, 0.717) is 17.1 Å². The molecule has 0 radical (unpaired) electrons. The second kappa shape index (κ2) is 6.21. The van der Waals surface area contributed by atoms with Gasteiger partial charge in [-0.15, -0.1) is 0 Å². The first-order chi connectivity index (χ1) is 10.0. The topological polar surface area (TPSA) is 70.4 Å². The van der Waals surface area contributed by atoms with Gasteiger partial charge in [0.25, 0.3) is 0 Å². The van der Waals surface area contributed by atoms with Crippen LogP contribution in [0.5, 0.6) is 11.5 Å². The normalized spacial score (nSPS) is 10.2. The average Bonchev–Trinajstić information content (AvgIpc) is 2.93. The quantitative estimate of drug-likeness (QED) is 0.599. The molecule has 1 heterocycles. The van der Waals surface area contributed by atoms with Crippen molar-refractivity contribution in [1.82, 2.24) is 9.78 Å². The maximum Gasteiger partial charge on any atom is 0.190 e. The van der Waals surface area contributed by atoms with E-state index in [-0.39, 0.29) is 23.7 Å². The molecule has 0 aliphatic carbocycles. The van der Waals surface area contributed by atoms with E-state index >= 15 is 0 Å². The molecule has 2 rings (SSSR count). The number of hydrogen-bond donors (Lipinski definition) is 0. The fourth-order valence-corrected chi connectivity index (χ4v) is 1.92. The Hall–Kier alpha value is -2.63. The van der Waals surface area contributed by atoms with Crippen molar-refractivity contribution >= 4 is 11.6 Å². The van der Waals surface area contributed by atoms with Crippen LogP contribution in [-0.4, -0.2) is 35.6 Å². The number of ketones is 2. The fraction of sp³-hybridized carbons (Fsp3) is 0.267. The molecule has 0 aliphatic rings. The summed E-state index contributed by atoms with van der Waals surface area (Å²) in [6.45, 7) is 0. The van der Waals surface area contributed by atoms with Gasteiger partial charge in [0.05, 0.1) is 26.2 Å². The lowest BCUT2D eigenvalue weighted by Gasteiger charge is -2.09. The summed E-state index contributed by atoms with van der Waals surface area (Å²) in [5.74, 6) is 0.330. The molecule has 110 valence electrons. The Labute approximate surface area is 122 Å². The average molecular weight is 288 g/mol. The van der Waals surface area contributed by atoms with E-state index < -0.39 is 0 Å². The molecule has 21 heavy (non-hydrogen) atoms. The molecular formula is C15H16N2O4. The van der Waals surface area contributed by atoms with Crippen LogP contribution in [0.15, 0.2) is 30.5 Å². The molecule has 0 amide bonds. The van der Waals surface area contributed by atoms with Crippen molar-refractivity contribution < 1.29 is 19.1 Å². The van der Waals surface area contributed by atoms with E-state index in [0.717, 1.165) is 0 Å². The Morgan fingerprint density at radius 1 is 1.14 bits per heavy atom. The van der Waals surface area contributed by atoms with Crippen molar-refractivity contribution in [2.24, 2.45) is 7.05 Å². The minimum Gasteiger partial charge on any atom is -0.497 e. The second-order valence-electron chi connectivity index (χ2n) is 4.46. The lowest BCUT2D eigenvalue weighted by Crippen LogP contribution is -2.11. The summed E-state index contributed by atoms with van der Waals surface area (Å²) in [6, 6.07) is 6.44. The number of nitrogens with zero attached hydrogens (tertiary/aromatic N) is 2. The molecule has 1 aromatic heterocycles. The van der Waals surface area contributed by atoms with E-state index in [2.05, 4.69) is 5.10 Å². The molecule has 1 aromatic carbocycles. The summed E-state index contributed by atoms with van der Waals surface area (Å²) >= 11 is 0. The predicted octanol–water partition coefficient (Wildman–Crippen LogP) is 1.89. The van der Waals surface area contributed by atoms with Gasteiger partial charge in [-0.1, -0.05) is 0 Å². The van der Waals surface area contributed by atoms with Crippen molar-refractivity contribution in [2.45, 2.75) is 6.42 Å². The third kappa shape index (κ3) is 3.28. The molecule has 6 nitrogen and oxygen atoms in total. The Morgan fingerprint density at radius 2 is 1.90 bits per heavy atom. The number of Topliss-reactive ketones (excluding diaryl/α,β-unsaturated/α-hetero) is 2. The van der Waals surface area contributed by atoms with Crippen molar-refractivity contribution in [1.29, 1.82) is 0 Å². The highest BCUT2D eigenvalue weighted by Gasteiger charge is 2.19. The maximum absolute atomic E-state index is 12.2. The Bertz CT molecular complexity index is 676. The van der Waals surface area contributed by atoms with Crippen LogP contribution in [0.4, 0.5) is 0 Å². The van der Waals surface area contributed by atoms with Crippen LogP contribution in [0.2, 0.25) is 0 Å².